The van der Waals surface area contributed by atoms with Crippen molar-refractivity contribution in [2.24, 2.45) is 0 Å². The van der Waals surface area contributed by atoms with E-state index in [1.807, 2.05) is 0 Å². The summed E-state index contributed by atoms with van der Waals surface area (Å²) in [6.07, 6.45) is 3.36. The molecule has 0 unspecified atom stereocenters. The monoisotopic (exact) mass is 309 g/mol. The number of methoxy groups -OCH3 is 1. The van der Waals surface area contributed by atoms with Gasteiger partial charge in [-0.1, -0.05) is 12.2 Å². The highest BCUT2D eigenvalue weighted by atomic mass is 32.2. The Labute approximate surface area is 129 Å². The highest BCUT2D eigenvalue weighted by Crippen LogP contribution is 2.24. The van der Waals surface area contributed by atoms with Crippen molar-refractivity contribution in [3.63, 3.8) is 0 Å². The van der Waals surface area contributed by atoms with Gasteiger partial charge in [0.15, 0.2) is 0 Å². The van der Waals surface area contributed by atoms with Crippen molar-refractivity contribution in [3.8, 4) is 5.75 Å². The molecule has 1 rings (SSSR count). The summed E-state index contributed by atoms with van der Waals surface area (Å²) in [5.41, 5.74) is 0.745. The summed E-state index contributed by atoms with van der Waals surface area (Å²) in [6.45, 7) is 8.25. The van der Waals surface area contributed by atoms with Crippen LogP contribution in [-0.4, -0.2) is 36.8 Å². The minimum atomic E-state index is -0.308. The maximum atomic E-state index is 13.2. The Balaban J connectivity index is 2.56. The van der Waals surface area contributed by atoms with Gasteiger partial charge in [-0.05, 0) is 18.2 Å². The average molecular weight is 309 g/mol. The van der Waals surface area contributed by atoms with Crippen molar-refractivity contribution < 1.29 is 13.9 Å². The summed E-state index contributed by atoms with van der Waals surface area (Å²) in [7, 11) is 1.54. The van der Waals surface area contributed by atoms with Crippen LogP contribution >= 0.6 is 11.8 Å². The molecular formula is C16H20FNO2S. The molecule has 0 saturated carbocycles. The first-order valence-electron chi connectivity index (χ1n) is 6.52. The van der Waals surface area contributed by atoms with E-state index in [1.54, 1.807) is 30.2 Å². The fraction of sp³-hybridized carbons (Fsp3) is 0.312. The standard InChI is InChI=1S/C16H20FNO2S/c1-4-8-18(9-5-2)16(19)12-21-11-13-10-14(17)6-7-15(13)20-3/h4-7,10H,1-2,8-9,11-12H2,3H3. The Morgan fingerprint density at radius 2 is 2.05 bits per heavy atom. The van der Waals surface area contributed by atoms with E-state index in [0.717, 1.165) is 5.56 Å². The smallest absolute Gasteiger partial charge is 0.233 e. The van der Waals surface area contributed by atoms with E-state index in [9.17, 15) is 9.18 Å². The molecule has 0 bridgehead atoms. The SMILES string of the molecule is C=CCN(CC=C)C(=O)CSCc1cc(F)ccc1OC. The highest BCUT2D eigenvalue weighted by molar-refractivity contribution is 7.99. The Hall–Kier alpha value is -1.75. The number of carbonyl (C=O) groups is 1. The predicted molar refractivity (Wildman–Crippen MR) is 86.1 cm³/mol. The van der Waals surface area contributed by atoms with Gasteiger partial charge >= 0.3 is 0 Å². The number of hydrogen-bond acceptors (Lipinski definition) is 3. The van der Waals surface area contributed by atoms with E-state index >= 15 is 0 Å². The molecule has 0 atom stereocenters. The second-order valence-electron chi connectivity index (χ2n) is 4.33. The fourth-order valence-electron chi connectivity index (χ4n) is 1.79. The maximum Gasteiger partial charge on any atom is 0.233 e. The zero-order valence-electron chi connectivity index (χ0n) is 12.2. The summed E-state index contributed by atoms with van der Waals surface area (Å²) in [5, 5.41) is 0. The molecule has 5 heteroatoms. The van der Waals surface area contributed by atoms with Gasteiger partial charge in [0.25, 0.3) is 0 Å². The van der Waals surface area contributed by atoms with Gasteiger partial charge in [0.1, 0.15) is 11.6 Å². The second kappa shape index (κ2) is 9.23. The van der Waals surface area contributed by atoms with E-state index in [0.29, 0.717) is 30.3 Å². The number of benzene rings is 1. The number of rotatable bonds is 9. The van der Waals surface area contributed by atoms with Crippen molar-refractivity contribution in [1.29, 1.82) is 0 Å². The summed E-state index contributed by atoms with van der Waals surface area (Å²) >= 11 is 1.43. The van der Waals surface area contributed by atoms with Crippen LogP contribution in [0.25, 0.3) is 0 Å². The van der Waals surface area contributed by atoms with Crippen molar-refractivity contribution in [2.45, 2.75) is 5.75 Å². The molecule has 0 heterocycles. The third-order valence-corrected chi connectivity index (χ3v) is 3.74. The van der Waals surface area contributed by atoms with Gasteiger partial charge in [-0.2, -0.15) is 0 Å². The van der Waals surface area contributed by atoms with Gasteiger partial charge in [-0.15, -0.1) is 24.9 Å². The molecule has 0 aromatic heterocycles. The van der Waals surface area contributed by atoms with E-state index in [4.69, 9.17) is 4.74 Å². The zero-order chi connectivity index (χ0) is 15.7. The van der Waals surface area contributed by atoms with Crippen LogP contribution in [0.3, 0.4) is 0 Å². The summed E-state index contributed by atoms with van der Waals surface area (Å²) in [6, 6.07) is 4.38. The van der Waals surface area contributed by atoms with Gasteiger partial charge in [0.05, 0.1) is 12.9 Å². The molecular weight excluding hydrogens is 289 g/mol. The molecule has 114 valence electrons. The zero-order valence-corrected chi connectivity index (χ0v) is 13.0. The van der Waals surface area contributed by atoms with Crippen LogP contribution < -0.4 is 4.74 Å². The van der Waals surface area contributed by atoms with Crippen molar-refractivity contribution in [2.75, 3.05) is 26.0 Å². The third kappa shape index (κ3) is 5.63. The number of halogens is 1. The average Bonchev–Trinajstić information content (AvgIpc) is 2.47. The van der Waals surface area contributed by atoms with Crippen molar-refractivity contribution in [1.82, 2.24) is 4.90 Å². The minimum Gasteiger partial charge on any atom is -0.496 e. The summed E-state index contributed by atoms with van der Waals surface area (Å²) in [5.74, 6) is 1.17. The lowest BCUT2D eigenvalue weighted by Gasteiger charge is -2.19. The van der Waals surface area contributed by atoms with Crippen LogP contribution in [0.5, 0.6) is 5.75 Å². The summed E-state index contributed by atoms with van der Waals surface area (Å²) in [4.78, 5) is 13.7. The number of nitrogens with zero attached hydrogens (tertiary/aromatic N) is 1. The Bertz CT molecular complexity index is 495. The normalized spacial score (nSPS) is 10.0. The second-order valence-corrected chi connectivity index (χ2v) is 5.31. The van der Waals surface area contributed by atoms with Crippen LogP contribution in [0, 0.1) is 5.82 Å². The molecule has 0 radical (unpaired) electrons. The molecule has 0 spiro atoms. The Kier molecular flexibility index (Phi) is 7.61. The molecule has 3 nitrogen and oxygen atoms in total. The highest BCUT2D eigenvalue weighted by Gasteiger charge is 2.11. The lowest BCUT2D eigenvalue weighted by Crippen LogP contribution is -2.32. The molecule has 0 aliphatic heterocycles. The number of thioether (sulfide) groups is 1. The number of amides is 1. The lowest BCUT2D eigenvalue weighted by molar-refractivity contribution is -0.127. The molecule has 0 aliphatic carbocycles. The third-order valence-electron chi connectivity index (χ3n) is 2.78. The van der Waals surface area contributed by atoms with Crippen molar-refractivity contribution >= 4 is 17.7 Å². The molecule has 21 heavy (non-hydrogen) atoms. The predicted octanol–water partition coefficient (Wildman–Crippen LogP) is 3.27. The fourth-order valence-corrected chi connectivity index (χ4v) is 2.69. The molecule has 1 aromatic rings. The quantitative estimate of drug-likeness (QED) is 0.656. The number of hydrogen-bond donors (Lipinski definition) is 0. The van der Waals surface area contributed by atoms with Gasteiger partial charge in [-0.3, -0.25) is 4.79 Å². The van der Waals surface area contributed by atoms with E-state index in [1.165, 1.54) is 23.9 Å². The van der Waals surface area contributed by atoms with E-state index in [2.05, 4.69) is 13.2 Å². The maximum absolute atomic E-state index is 13.2. The van der Waals surface area contributed by atoms with Gasteiger partial charge in [0.2, 0.25) is 5.91 Å². The number of ether oxygens (including phenoxy) is 1. The summed E-state index contributed by atoms with van der Waals surface area (Å²) < 4.78 is 18.4. The molecule has 0 fully saturated rings. The van der Waals surface area contributed by atoms with Gasteiger partial charge in [0, 0.05) is 24.4 Å². The minimum absolute atomic E-state index is 0.00942. The Morgan fingerprint density at radius 1 is 1.38 bits per heavy atom. The first kappa shape index (κ1) is 17.3. The topological polar surface area (TPSA) is 29.5 Å². The lowest BCUT2D eigenvalue weighted by atomic mass is 10.2. The first-order valence-corrected chi connectivity index (χ1v) is 7.67. The van der Waals surface area contributed by atoms with Crippen molar-refractivity contribution in [3.05, 3.63) is 54.9 Å². The van der Waals surface area contributed by atoms with Crippen LogP contribution in [0.4, 0.5) is 4.39 Å². The number of carbonyl (C=O) groups excluding carboxylic acids is 1. The van der Waals surface area contributed by atoms with Gasteiger partial charge < -0.3 is 9.64 Å². The Morgan fingerprint density at radius 3 is 2.62 bits per heavy atom. The largest absolute Gasteiger partial charge is 0.496 e. The molecule has 1 amide bonds. The van der Waals surface area contributed by atoms with Crippen LogP contribution in [-0.2, 0) is 10.5 Å². The molecule has 0 N–H and O–H groups in total. The van der Waals surface area contributed by atoms with Crippen LogP contribution in [0.2, 0.25) is 0 Å². The van der Waals surface area contributed by atoms with Crippen LogP contribution in [0.1, 0.15) is 5.56 Å². The van der Waals surface area contributed by atoms with E-state index < -0.39 is 0 Å². The first-order chi connectivity index (χ1) is 10.1. The molecule has 1 aromatic carbocycles. The molecule has 0 saturated heterocycles. The van der Waals surface area contributed by atoms with Crippen LogP contribution in [0.15, 0.2) is 43.5 Å². The van der Waals surface area contributed by atoms with Gasteiger partial charge in [-0.25, -0.2) is 4.39 Å². The van der Waals surface area contributed by atoms with E-state index in [-0.39, 0.29) is 11.7 Å². The molecule has 0 aliphatic rings.